The van der Waals surface area contributed by atoms with Crippen LogP contribution in [0.2, 0.25) is 0 Å². The predicted octanol–water partition coefficient (Wildman–Crippen LogP) is 3.01. The molecule has 1 heterocycles. The van der Waals surface area contributed by atoms with E-state index in [1.54, 1.807) is 12.3 Å². The van der Waals surface area contributed by atoms with E-state index in [2.05, 4.69) is 15.3 Å². The van der Waals surface area contributed by atoms with Crippen LogP contribution in [0, 0.1) is 0 Å². The van der Waals surface area contributed by atoms with Crippen LogP contribution in [0.15, 0.2) is 36.5 Å². The van der Waals surface area contributed by atoms with Crippen molar-refractivity contribution in [1.82, 2.24) is 14.9 Å². The van der Waals surface area contributed by atoms with Gasteiger partial charge in [-0.3, -0.25) is 10.1 Å². The molecule has 0 atom stereocenters. The minimum Gasteiger partial charge on any atom is -0.490 e. The second-order valence-corrected chi connectivity index (χ2v) is 6.59. The predicted molar refractivity (Wildman–Crippen MR) is 98.7 cm³/mol. The van der Waals surface area contributed by atoms with Crippen LogP contribution in [0.3, 0.4) is 0 Å². The first-order valence-electron chi connectivity index (χ1n) is 8.66. The Balaban J connectivity index is 1.69. The van der Waals surface area contributed by atoms with Crippen LogP contribution in [-0.2, 0) is 4.79 Å². The molecule has 1 aliphatic rings. The first-order chi connectivity index (χ1) is 12.1. The van der Waals surface area contributed by atoms with Crippen molar-refractivity contribution in [2.24, 2.45) is 0 Å². The number of likely N-dealkylation sites (N-methyl/N-ethyl adjacent to an activating group) is 1. The summed E-state index contributed by atoms with van der Waals surface area (Å²) in [5.41, 5.74) is 0.762. The lowest BCUT2D eigenvalue weighted by molar-refractivity contribution is -0.112. The maximum Gasteiger partial charge on any atom is 0.250 e. The summed E-state index contributed by atoms with van der Waals surface area (Å²) < 4.78 is 6.02. The molecular weight excluding hydrogens is 316 g/mol. The first-order valence-corrected chi connectivity index (χ1v) is 8.66. The maximum absolute atomic E-state index is 11.9. The number of hydrogen-bond acceptors (Lipinski definition) is 5. The number of hydrogen-bond donors (Lipinski definition) is 1. The molecule has 3 rings (SSSR count). The molecule has 1 aliphatic carbocycles. The van der Waals surface area contributed by atoms with Crippen molar-refractivity contribution < 1.29 is 9.53 Å². The number of rotatable bonds is 6. The molecule has 0 unspecified atom stereocenters. The minimum atomic E-state index is -0.237. The smallest absolute Gasteiger partial charge is 0.250 e. The Kier molecular flexibility index (Phi) is 5.60. The van der Waals surface area contributed by atoms with Gasteiger partial charge in [-0.05, 0) is 51.9 Å². The standard InChI is InChI=1S/C19H24N4O2/c1-23(2)11-5-8-18(24)22-19-20-13-14-9-10-16(12-17(14)21-19)25-15-6-3-4-7-15/h5,8-10,12-13,15H,3-4,6-7,11H2,1-2H3,(H,20,21,22,24). The maximum atomic E-state index is 11.9. The Bertz CT molecular complexity index is 767. The van der Waals surface area contributed by atoms with Crippen molar-refractivity contribution in [3.63, 3.8) is 0 Å². The molecule has 1 aromatic carbocycles. The lowest BCUT2D eigenvalue weighted by Gasteiger charge is -2.13. The number of benzene rings is 1. The average Bonchev–Trinajstić information content (AvgIpc) is 3.07. The fourth-order valence-electron chi connectivity index (χ4n) is 2.86. The van der Waals surface area contributed by atoms with Gasteiger partial charge in [0.05, 0.1) is 11.6 Å². The fourth-order valence-corrected chi connectivity index (χ4v) is 2.86. The molecule has 1 amide bonds. The molecule has 2 aromatic rings. The van der Waals surface area contributed by atoms with E-state index in [0.29, 0.717) is 18.6 Å². The van der Waals surface area contributed by atoms with Gasteiger partial charge in [0, 0.05) is 30.3 Å². The molecular formula is C19H24N4O2. The minimum absolute atomic E-state index is 0.237. The van der Waals surface area contributed by atoms with E-state index >= 15 is 0 Å². The molecule has 1 fully saturated rings. The molecule has 6 nitrogen and oxygen atoms in total. The normalized spacial score (nSPS) is 15.3. The first kappa shape index (κ1) is 17.4. The summed E-state index contributed by atoms with van der Waals surface area (Å²) in [6, 6.07) is 5.81. The van der Waals surface area contributed by atoms with Gasteiger partial charge in [0.1, 0.15) is 5.75 Å². The van der Waals surface area contributed by atoms with Crippen molar-refractivity contribution in [3.8, 4) is 5.75 Å². The van der Waals surface area contributed by atoms with Crippen LogP contribution in [0.1, 0.15) is 25.7 Å². The van der Waals surface area contributed by atoms with Crippen molar-refractivity contribution in [3.05, 3.63) is 36.5 Å². The van der Waals surface area contributed by atoms with Gasteiger partial charge in [-0.1, -0.05) is 6.08 Å². The van der Waals surface area contributed by atoms with E-state index in [1.165, 1.54) is 18.9 Å². The fraction of sp³-hybridized carbons (Fsp3) is 0.421. The van der Waals surface area contributed by atoms with Crippen LogP contribution in [0.4, 0.5) is 5.95 Å². The number of carbonyl (C=O) groups excluding carboxylic acids is 1. The van der Waals surface area contributed by atoms with Crippen molar-refractivity contribution in [2.45, 2.75) is 31.8 Å². The third-order valence-electron chi connectivity index (χ3n) is 4.13. The second kappa shape index (κ2) is 8.07. The second-order valence-electron chi connectivity index (χ2n) is 6.59. The van der Waals surface area contributed by atoms with Crippen LogP contribution in [0.5, 0.6) is 5.75 Å². The van der Waals surface area contributed by atoms with Crippen LogP contribution < -0.4 is 10.1 Å². The zero-order valence-corrected chi connectivity index (χ0v) is 14.7. The van der Waals surface area contributed by atoms with E-state index in [4.69, 9.17) is 4.74 Å². The zero-order valence-electron chi connectivity index (χ0n) is 14.7. The van der Waals surface area contributed by atoms with E-state index < -0.39 is 0 Å². The largest absolute Gasteiger partial charge is 0.490 e. The van der Waals surface area contributed by atoms with Gasteiger partial charge >= 0.3 is 0 Å². The third-order valence-corrected chi connectivity index (χ3v) is 4.13. The van der Waals surface area contributed by atoms with Crippen molar-refractivity contribution in [1.29, 1.82) is 0 Å². The Morgan fingerprint density at radius 2 is 2.16 bits per heavy atom. The van der Waals surface area contributed by atoms with E-state index in [-0.39, 0.29) is 5.91 Å². The molecule has 1 saturated carbocycles. The van der Waals surface area contributed by atoms with Crippen molar-refractivity contribution >= 4 is 22.8 Å². The van der Waals surface area contributed by atoms with E-state index in [1.807, 2.05) is 37.2 Å². The molecule has 0 aliphatic heterocycles. The summed E-state index contributed by atoms with van der Waals surface area (Å²) in [6.07, 6.45) is 10.00. The van der Waals surface area contributed by atoms with Gasteiger partial charge in [-0.25, -0.2) is 9.97 Å². The van der Waals surface area contributed by atoms with E-state index in [0.717, 1.165) is 29.5 Å². The number of amides is 1. The molecule has 0 radical (unpaired) electrons. The van der Waals surface area contributed by atoms with Gasteiger partial charge in [0.25, 0.3) is 0 Å². The summed E-state index contributed by atoms with van der Waals surface area (Å²) in [6.45, 7) is 0.702. The zero-order chi connectivity index (χ0) is 17.6. The van der Waals surface area contributed by atoms with Gasteiger partial charge in [-0.15, -0.1) is 0 Å². The quantitative estimate of drug-likeness (QED) is 0.819. The molecule has 0 spiro atoms. The Morgan fingerprint density at radius 3 is 2.92 bits per heavy atom. The summed E-state index contributed by atoms with van der Waals surface area (Å²) in [7, 11) is 3.89. The molecule has 0 bridgehead atoms. The molecule has 132 valence electrons. The van der Waals surface area contributed by atoms with Crippen LogP contribution in [0.25, 0.3) is 10.9 Å². The molecule has 6 heteroatoms. The average molecular weight is 340 g/mol. The molecule has 0 saturated heterocycles. The van der Waals surface area contributed by atoms with Crippen LogP contribution >= 0.6 is 0 Å². The number of fused-ring (bicyclic) bond motifs is 1. The number of anilines is 1. The van der Waals surface area contributed by atoms with Gasteiger partial charge in [0.2, 0.25) is 11.9 Å². The van der Waals surface area contributed by atoms with Gasteiger partial charge in [0.15, 0.2) is 0 Å². The Labute approximate surface area is 147 Å². The molecule has 1 aromatic heterocycles. The number of ether oxygens (including phenoxy) is 1. The van der Waals surface area contributed by atoms with Gasteiger partial charge < -0.3 is 9.64 Å². The highest BCUT2D eigenvalue weighted by atomic mass is 16.5. The lowest BCUT2D eigenvalue weighted by Crippen LogP contribution is -2.14. The third kappa shape index (κ3) is 5.00. The molecule has 25 heavy (non-hydrogen) atoms. The number of carbonyl (C=O) groups is 1. The van der Waals surface area contributed by atoms with Gasteiger partial charge in [-0.2, -0.15) is 0 Å². The molecule has 1 N–H and O–H groups in total. The van der Waals surface area contributed by atoms with Crippen LogP contribution in [-0.4, -0.2) is 47.5 Å². The lowest BCUT2D eigenvalue weighted by atomic mass is 10.2. The summed E-state index contributed by atoms with van der Waals surface area (Å²) >= 11 is 0. The Morgan fingerprint density at radius 1 is 1.36 bits per heavy atom. The number of nitrogens with zero attached hydrogens (tertiary/aromatic N) is 3. The Hall–Kier alpha value is -2.47. The number of nitrogens with one attached hydrogen (secondary N) is 1. The highest BCUT2D eigenvalue weighted by Crippen LogP contribution is 2.26. The summed E-state index contributed by atoms with van der Waals surface area (Å²) in [4.78, 5) is 22.5. The highest BCUT2D eigenvalue weighted by Gasteiger charge is 2.16. The number of aromatic nitrogens is 2. The monoisotopic (exact) mass is 340 g/mol. The van der Waals surface area contributed by atoms with E-state index in [9.17, 15) is 4.79 Å². The summed E-state index contributed by atoms with van der Waals surface area (Å²) in [5, 5.41) is 3.61. The van der Waals surface area contributed by atoms with Crippen molar-refractivity contribution in [2.75, 3.05) is 26.0 Å². The topological polar surface area (TPSA) is 67.4 Å². The summed E-state index contributed by atoms with van der Waals surface area (Å²) in [5.74, 6) is 0.880. The SMILES string of the molecule is CN(C)CC=CC(=O)Nc1ncc2ccc(OC3CCCC3)cc2n1. The highest BCUT2D eigenvalue weighted by molar-refractivity contribution is 5.98.